The van der Waals surface area contributed by atoms with E-state index in [1.807, 2.05) is 0 Å². The highest BCUT2D eigenvalue weighted by Gasteiger charge is 2.25. The Balaban J connectivity index is 0.000000414. The maximum atomic E-state index is 9.55. The number of rotatable bonds is 8. The topological polar surface area (TPSA) is 103 Å². The van der Waals surface area contributed by atoms with E-state index in [1.165, 1.54) is 28.7 Å². The Kier molecular flexibility index (Phi) is 10.0. The zero-order valence-corrected chi connectivity index (χ0v) is 22.6. The third-order valence-corrected chi connectivity index (χ3v) is 7.43. The molecule has 4 rings (SSSR count). The molecule has 1 unspecified atom stereocenters. The molecule has 8 nitrogen and oxygen atoms in total. The summed E-state index contributed by atoms with van der Waals surface area (Å²) in [6.45, 7) is 9.63. The number of nitrogens with zero attached hydrogens (tertiary/aromatic N) is 3. The number of carboxylic acid groups (broad SMARTS) is 2. The van der Waals surface area contributed by atoms with E-state index in [0.29, 0.717) is 18.2 Å². The molecule has 9 heteroatoms. The van der Waals surface area contributed by atoms with Crippen LogP contribution >= 0.6 is 11.3 Å². The van der Waals surface area contributed by atoms with Gasteiger partial charge in [0.1, 0.15) is 11.9 Å². The van der Waals surface area contributed by atoms with Gasteiger partial charge in [0.2, 0.25) is 0 Å². The predicted molar refractivity (Wildman–Crippen MR) is 148 cm³/mol. The van der Waals surface area contributed by atoms with Crippen LogP contribution in [0.1, 0.15) is 30.9 Å². The number of likely N-dealkylation sites (tertiary alicyclic amines) is 1. The molecule has 0 saturated carbocycles. The van der Waals surface area contributed by atoms with Crippen molar-refractivity contribution in [2.45, 2.75) is 45.8 Å². The molecule has 0 amide bonds. The number of benzene rings is 2. The molecule has 1 saturated heterocycles. The first-order valence-electron chi connectivity index (χ1n) is 12.3. The van der Waals surface area contributed by atoms with Crippen molar-refractivity contribution in [1.29, 1.82) is 0 Å². The first-order valence-corrected chi connectivity index (χ1v) is 13.1. The zero-order valence-electron chi connectivity index (χ0n) is 21.8. The first kappa shape index (κ1) is 28.1. The van der Waals surface area contributed by atoms with Crippen molar-refractivity contribution in [1.82, 2.24) is 9.88 Å². The van der Waals surface area contributed by atoms with Crippen molar-refractivity contribution < 1.29 is 24.5 Å². The van der Waals surface area contributed by atoms with Gasteiger partial charge in [-0.05, 0) is 56.9 Å². The van der Waals surface area contributed by atoms with Crippen LogP contribution in [0.25, 0.3) is 10.2 Å². The minimum absolute atomic E-state index is 0.188. The largest absolute Gasteiger partial charge is 0.489 e. The van der Waals surface area contributed by atoms with E-state index in [4.69, 9.17) is 19.9 Å². The highest BCUT2D eigenvalue weighted by molar-refractivity contribution is 7.22. The number of hydrogen-bond acceptors (Lipinski definition) is 7. The van der Waals surface area contributed by atoms with Gasteiger partial charge < -0.3 is 19.8 Å². The van der Waals surface area contributed by atoms with E-state index < -0.39 is 11.9 Å². The van der Waals surface area contributed by atoms with Gasteiger partial charge in [-0.25, -0.2) is 14.6 Å². The Bertz CT molecular complexity index is 1160. The summed E-state index contributed by atoms with van der Waals surface area (Å²) in [6.07, 6.45) is 3.64. The second kappa shape index (κ2) is 13.2. The number of aryl methyl sites for hydroxylation is 2. The molecule has 0 bridgehead atoms. The van der Waals surface area contributed by atoms with Crippen molar-refractivity contribution in [3.63, 3.8) is 0 Å². The molecule has 1 aliphatic rings. The molecule has 2 heterocycles. The van der Waals surface area contributed by atoms with E-state index in [9.17, 15) is 9.59 Å². The summed E-state index contributed by atoms with van der Waals surface area (Å²) in [5, 5.41) is 16.8. The van der Waals surface area contributed by atoms with Gasteiger partial charge in [-0.2, -0.15) is 0 Å². The number of carboxylic acids is 2. The quantitative estimate of drug-likeness (QED) is 0.397. The number of fused-ring (bicyclic) bond motifs is 1. The number of piperidine rings is 1. The average molecular weight is 526 g/mol. The minimum Gasteiger partial charge on any atom is -0.489 e. The van der Waals surface area contributed by atoms with E-state index in [0.717, 1.165) is 36.0 Å². The molecule has 2 N–H and O–H groups in total. The van der Waals surface area contributed by atoms with E-state index in [-0.39, 0.29) is 6.10 Å². The smallest absolute Gasteiger partial charge is 0.328 e. The van der Waals surface area contributed by atoms with Gasteiger partial charge in [0.15, 0.2) is 5.13 Å². The molecule has 1 aromatic heterocycles. The monoisotopic (exact) mass is 525 g/mol. The molecule has 37 heavy (non-hydrogen) atoms. The zero-order chi connectivity index (χ0) is 26.9. The van der Waals surface area contributed by atoms with Gasteiger partial charge in [-0.15, -0.1) is 0 Å². The number of thiazole rings is 1. The Labute approximate surface area is 221 Å². The summed E-state index contributed by atoms with van der Waals surface area (Å²) in [5.74, 6) is -1.47. The fourth-order valence-electron chi connectivity index (χ4n) is 4.39. The number of carbonyl (C=O) groups is 2. The van der Waals surface area contributed by atoms with Crippen LogP contribution in [-0.4, -0.2) is 70.9 Å². The summed E-state index contributed by atoms with van der Waals surface area (Å²) in [5.41, 5.74) is 3.54. The van der Waals surface area contributed by atoms with E-state index in [1.54, 1.807) is 11.3 Å². The van der Waals surface area contributed by atoms with Crippen LogP contribution in [0.2, 0.25) is 0 Å². The maximum Gasteiger partial charge on any atom is 0.328 e. The highest BCUT2D eigenvalue weighted by Crippen LogP contribution is 2.31. The van der Waals surface area contributed by atoms with Crippen LogP contribution in [0.15, 0.2) is 54.6 Å². The van der Waals surface area contributed by atoms with Crippen molar-refractivity contribution in [2.75, 3.05) is 31.6 Å². The summed E-state index contributed by atoms with van der Waals surface area (Å²) in [4.78, 5) is 28.9. The normalized spacial score (nSPS) is 15.2. The average Bonchev–Trinajstić information content (AvgIpc) is 3.30. The van der Waals surface area contributed by atoms with E-state index >= 15 is 0 Å². The van der Waals surface area contributed by atoms with Gasteiger partial charge >= 0.3 is 11.9 Å². The maximum absolute atomic E-state index is 9.55. The van der Waals surface area contributed by atoms with Crippen molar-refractivity contribution in [3.05, 3.63) is 65.7 Å². The SMILES string of the molecule is Cc1cccc(C)c1OC(C)CN1CCC(N(C)c2nc3ccccc3s2)CC1.O=C(O)C=CC(=O)O. The Hall–Kier alpha value is -3.43. The standard InChI is InChI=1S/C24H31N3OS.C4H4O4/c1-17-8-7-9-18(2)23(17)28-19(3)16-27-14-12-20(13-15-27)26(4)24-25-21-10-5-6-11-22(21)29-24;5-3(6)1-2-4(7)8/h5-11,19-20H,12-16H2,1-4H3;1-2H,(H,5,6)(H,7,8). The molecule has 1 aliphatic heterocycles. The molecule has 3 aromatic rings. The lowest BCUT2D eigenvalue weighted by molar-refractivity contribution is -0.134. The predicted octanol–water partition coefficient (Wildman–Crippen LogP) is 4.99. The first-order chi connectivity index (χ1) is 17.6. The lowest BCUT2D eigenvalue weighted by atomic mass is 10.0. The van der Waals surface area contributed by atoms with Gasteiger partial charge in [0, 0.05) is 44.9 Å². The van der Waals surface area contributed by atoms with Gasteiger partial charge in [-0.1, -0.05) is 41.7 Å². The van der Waals surface area contributed by atoms with Gasteiger partial charge in [0.25, 0.3) is 0 Å². The lowest BCUT2D eigenvalue weighted by Gasteiger charge is -2.37. The number of anilines is 1. The molecule has 1 fully saturated rings. The van der Waals surface area contributed by atoms with Crippen LogP contribution in [0.4, 0.5) is 5.13 Å². The Morgan fingerprint density at radius 2 is 1.68 bits per heavy atom. The number of para-hydroxylation sites is 2. The Morgan fingerprint density at radius 3 is 2.24 bits per heavy atom. The molecule has 198 valence electrons. The number of ether oxygens (including phenoxy) is 1. The van der Waals surface area contributed by atoms with E-state index in [2.05, 4.69) is 80.1 Å². The summed E-state index contributed by atoms with van der Waals surface area (Å²) in [6, 6.07) is 15.3. The molecule has 0 spiro atoms. The van der Waals surface area contributed by atoms with Crippen molar-refractivity contribution in [2.24, 2.45) is 0 Å². The number of aromatic nitrogens is 1. The molecule has 1 atom stereocenters. The van der Waals surface area contributed by atoms with Crippen LogP contribution in [0.5, 0.6) is 5.75 Å². The second-order valence-electron chi connectivity index (χ2n) is 9.27. The molecule has 2 aromatic carbocycles. The molecule has 0 radical (unpaired) electrons. The fraction of sp³-hybridized carbons (Fsp3) is 0.393. The van der Waals surface area contributed by atoms with Gasteiger partial charge in [-0.3, -0.25) is 4.90 Å². The molecular weight excluding hydrogens is 490 g/mol. The second-order valence-corrected chi connectivity index (χ2v) is 10.3. The lowest BCUT2D eigenvalue weighted by Crippen LogP contribution is -2.46. The molecular formula is C28H35N3O5S. The van der Waals surface area contributed by atoms with Crippen LogP contribution < -0.4 is 9.64 Å². The fourth-order valence-corrected chi connectivity index (χ4v) is 5.38. The Morgan fingerprint density at radius 1 is 1.08 bits per heavy atom. The van der Waals surface area contributed by atoms with Crippen LogP contribution in [0, 0.1) is 13.8 Å². The highest BCUT2D eigenvalue weighted by atomic mass is 32.1. The van der Waals surface area contributed by atoms with Crippen LogP contribution in [-0.2, 0) is 9.59 Å². The van der Waals surface area contributed by atoms with Crippen molar-refractivity contribution in [3.8, 4) is 5.75 Å². The molecule has 0 aliphatic carbocycles. The third kappa shape index (κ3) is 8.30. The van der Waals surface area contributed by atoms with Gasteiger partial charge in [0.05, 0.1) is 10.2 Å². The van der Waals surface area contributed by atoms with Crippen LogP contribution in [0.3, 0.4) is 0 Å². The third-order valence-electron chi connectivity index (χ3n) is 6.30. The number of hydrogen-bond donors (Lipinski definition) is 2. The summed E-state index contributed by atoms with van der Waals surface area (Å²) < 4.78 is 7.56. The minimum atomic E-state index is -1.26. The van der Waals surface area contributed by atoms with Crippen molar-refractivity contribution >= 4 is 38.6 Å². The number of aliphatic carboxylic acids is 2. The summed E-state index contributed by atoms with van der Waals surface area (Å²) >= 11 is 1.80. The summed E-state index contributed by atoms with van der Waals surface area (Å²) in [7, 11) is 2.20.